The smallest absolute Gasteiger partial charge is 0.00528 e. The highest BCUT2D eigenvalue weighted by Gasteiger charge is 2.32. The molecule has 0 aromatic carbocycles. The number of nitrogens with zero attached hydrogens (tertiary/aromatic N) is 1. The minimum atomic E-state index is 0.410. The van der Waals surface area contributed by atoms with Gasteiger partial charge in [-0.1, -0.05) is 45.4 Å². The third-order valence-corrected chi connectivity index (χ3v) is 4.91. The average Bonchev–Trinajstić information content (AvgIpc) is 2.64. The van der Waals surface area contributed by atoms with Gasteiger partial charge in [0.05, 0.1) is 0 Å². The minimum absolute atomic E-state index is 0.410. The van der Waals surface area contributed by atoms with E-state index in [2.05, 4.69) is 25.7 Å². The van der Waals surface area contributed by atoms with Crippen LogP contribution in [0.2, 0.25) is 0 Å². The summed E-state index contributed by atoms with van der Waals surface area (Å²) in [5.41, 5.74) is 6.59. The van der Waals surface area contributed by atoms with Crippen LogP contribution in [-0.2, 0) is 0 Å². The summed E-state index contributed by atoms with van der Waals surface area (Å²) in [6.45, 7) is 10.3. The van der Waals surface area contributed by atoms with Crippen molar-refractivity contribution >= 4 is 0 Å². The van der Waals surface area contributed by atoms with Crippen LogP contribution in [0.25, 0.3) is 0 Å². The van der Waals surface area contributed by atoms with Gasteiger partial charge >= 0.3 is 0 Å². The summed E-state index contributed by atoms with van der Waals surface area (Å²) in [6.07, 6.45) is 12.3. The van der Waals surface area contributed by atoms with Gasteiger partial charge in [-0.15, -0.1) is 0 Å². The molecule has 0 amide bonds. The maximum absolute atomic E-state index is 6.18. The molecular formula is C17H36N2. The second kappa shape index (κ2) is 8.97. The molecule has 1 fully saturated rings. The third kappa shape index (κ3) is 5.83. The molecular weight excluding hydrogens is 232 g/mol. The normalized spacial score (nSPS) is 19.9. The van der Waals surface area contributed by atoms with E-state index < -0.39 is 0 Å². The van der Waals surface area contributed by atoms with Gasteiger partial charge in [-0.3, -0.25) is 0 Å². The predicted octanol–water partition coefficient (Wildman–Crippen LogP) is 4.19. The zero-order valence-corrected chi connectivity index (χ0v) is 13.6. The zero-order chi connectivity index (χ0) is 14.1. The Kier molecular flexibility index (Phi) is 8.01. The summed E-state index contributed by atoms with van der Waals surface area (Å²) in [7, 11) is 0. The summed E-state index contributed by atoms with van der Waals surface area (Å²) >= 11 is 0. The number of hydrogen-bond donors (Lipinski definition) is 1. The molecule has 1 aliphatic rings. The molecule has 0 radical (unpaired) electrons. The van der Waals surface area contributed by atoms with Crippen LogP contribution in [0.5, 0.6) is 0 Å². The second-order valence-corrected chi connectivity index (χ2v) is 6.89. The van der Waals surface area contributed by atoms with Crippen molar-refractivity contribution in [2.24, 2.45) is 11.1 Å². The zero-order valence-electron chi connectivity index (χ0n) is 13.6. The Morgan fingerprint density at radius 1 is 1.05 bits per heavy atom. The van der Waals surface area contributed by atoms with Crippen molar-refractivity contribution in [1.82, 2.24) is 4.90 Å². The van der Waals surface area contributed by atoms with Gasteiger partial charge in [-0.05, 0) is 51.6 Å². The molecule has 0 heterocycles. The Morgan fingerprint density at radius 2 is 1.68 bits per heavy atom. The molecule has 19 heavy (non-hydrogen) atoms. The maximum atomic E-state index is 6.18. The van der Waals surface area contributed by atoms with Gasteiger partial charge in [-0.25, -0.2) is 0 Å². The minimum Gasteiger partial charge on any atom is -0.330 e. The Balaban J connectivity index is 2.57. The van der Waals surface area contributed by atoms with Gasteiger partial charge in [-0.2, -0.15) is 0 Å². The summed E-state index contributed by atoms with van der Waals surface area (Å²) in [5, 5.41) is 0. The first-order valence-corrected chi connectivity index (χ1v) is 8.57. The van der Waals surface area contributed by atoms with Crippen molar-refractivity contribution in [1.29, 1.82) is 0 Å². The largest absolute Gasteiger partial charge is 0.330 e. The van der Waals surface area contributed by atoms with Gasteiger partial charge < -0.3 is 10.6 Å². The standard InChI is InChI=1S/C17H36N2/c1-4-5-10-13-19(16(2)3)15-17(14-18)11-8-6-7-9-12-17/h16H,4-15,18H2,1-3H3. The van der Waals surface area contributed by atoms with Gasteiger partial charge in [0.25, 0.3) is 0 Å². The lowest BCUT2D eigenvalue weighted by Gasteiger charge is -2.39. The second-order valence-electron chi connectivity index (χ2n) is 6.89. The van der Waals surface area contributed by atoms with Crippen LogP contribution in [0.1, 0.15) is 78.6 Å². The molecule has 2 nitrogen and oxygen atoms in total. The Labute approximate surface area is 121 Å². The average molecular weight is 268 g/mol. The van der Waals surface area contributed by atoms with Crippen LogP contribution < -0.4 is 5.73 Å². The molecule has 0 saturated heterocycles. The fourth-order valence-corrected chi connectivity index (χ4v) is 3.42. The van der Waals surface area contributed by atoms with E-state index in [1.54, 1.807) is 0 Å². The fourth-order valence-electron chi connectivity index (χ4n) is 3.42. The van der Waals surface area contributed by atoms with Gasteiger partial charge in [0.1, 0.15) is 0 Å². The summed E-state index contributed by atoms with van der Waals surface area (Å²) in [6, 6.07) is 0.656. The Hall–Kier alpha value is -0.0800. The van der Waals surface area contributed by atoms with E-state index in [0.29, 0.717) is 11.5 Å². The van der Waals surface area contributed by atoms with E-state index in [0.717, 1.165) is 6.54 Å². The van der Waals surface area contributed by atoms with Crippen LogP contribution in [0.3, 0.4) is 0 Å². The van der Waals surface area contributed by atoms with E-state index in [9.17, 15) is 0 Å². The number of rotatable bonds is 8. The van der Waals surface area contributed by atoms with Gasteiger partial charge in [0, 0.05) is 12.6 Å². The molecule has 1 rings (SSSR count). The topological polar surface area (TPSA) is 29.3 Å². The van der Waals surface area contributed by atoms with Gasteiger partial charge in [0.15, 0.2) is 0 Å². The molecule has 1 aliphatic carbocycles. The first-order valence-electron chi connectivity index (χ1n) is 8.57. The number of hydrogen-bond acceptors (Lipinski definition) is 2. The van der Waals surface area contributed by atoms with Crippen LogP contribution in [-0.4, -0.2) is 30.6 Å². The van der Waals surface area contributed by atoms with Gasteiger partial charge in [0.2, 0.25) is 0 Å². The van der Waals surface area contributed by atoms with Crippen LogP contribution in [0.15, 0.2) is 0 Å². The Morgan fingerprint density at radius 3 is 2.16 bits per heavy atom. The molecule has 0 bridgehead atoms. The van der Waals surface area contributed by atoms with Crippen molar-refractivity contribution in [3.05, 3.63) is 0 Å². The highest BCUT2D eigenvalue weighted by Crippen LogP contribution is 2.35. The molecule has 2 heteroatoms. The summed E-state index contributed by atoms with van der Waals surface area (Å²) in [5.74, 6) is 0. The number of nitrogens with two attached hydrogens (primary N) is 1. The van der Waals surface area contributed by atoms with E-state index in [-0.39, 0.29) is 0 Å². The molecule has 0 aliphatic heterocycles. The highest BCUT2D eigenvalue weighted by atomic mass is 15.2. The highest BCUT2D eigenvalue weighted by molar-refractivity contribution is 4.86. The summed E-state index contributed by atoms with van der Waals surface area (Å²) in [4.78, 5) is 2.69. The van der Waals surface area contributed by atoms with Crippen molar-refractivity contribution in [2.45, 2.75) is 84.6 Å². The molecule has 2 N–H and O–H groups in total. The van der Waals surface area contributed by atoms with E-state index in [4.69, 9.17) is 5.73 Å². The van der Waals surface area contributed by atoms with Crippen molar-refractivity contribution in [3.8, 4) is 0 Å². The van der Waals surface area contributed by atoms with Crippen molar-refractivity contribution in [3.63, 3.8) is 0 Å². The first kappa shape index (κ1) is 17.0. The van der Waals surface area contributed by atoms with Crippen molar-refractivity contribution in [2.75, 3.05) is 19.6 Å². The summed E-state index contributed by atoms with van der Waals surface area (Å²) < 4.78 is 0. The molecule has 0 aromatic rings. The lowest BCUT2D eigenvalue weighted by Crippen LogP contribution is -2.45. The van der Waals surface area contributed by atoms with Crippen molar-refractivity contribution < 1.29 is 0 Å². The molecule has 0 atom stereocenters. The lowest BCUT2D eigenvalue weighted by molar-refractivity contribution is 0.109. The predicted molar refractivity (Wildman–Crippen MR) is 85.4 cm³/mol. The number of unbranched alkanes of at least 4 members (excludes halogenated alkanes) is 2. The Bertz CT molecular complexity index is 217. The van der Waals surface area contributed by atoms with E-state index in [1.165, 1.54) is 70.9 Å². The SMILES string of the molecule is CCCCCN(CC1(CN)CCCCCC1)C(C)C. The maximum Gasteiger partial charge on any atom is 0.00528 e. The van der Waals surface area contributed by atoms with E-state index >= 15 is 0 Å². The van der Waals surface area contributed by atoms with Crippen LogP contribution >= 0.6 is 0 Å². The molecule has 0 spiro atoms. The molecule has 0 aromatic heterocycles. The molecule has 1 saturated carbocycles. The van der Waals surface area contributed by atoms with Crippen LogP contribution in [0.4, 0.5) is 0 Å². The monoisotopic (exact) mass is 268 g/mol. The quantitative estimate of drug-likeness (QED) is 0.528. The lowest BCUT2D eigenvalue weighted by atomic mass is 9.79. The first-order chi connectivity index (χ1) is 9.13. The molecule has 114 valence electrons. The van der Waals surface area contributed by atoms with Crippen LogP contribution in [0, 0.1) is 5.41 Å². The fraction of sp³-hybridized carbons (Fsp3) is 1.00. The third-order valence-electron chi connectivity index (χ3n) is 4.91. The molecule has 0 unspecified atom stereocenters. The van der Waals surface area contributed by atoms with E-state index in [1.807, 2.05) is 0 Å².